The van der Waals surface area contributed by atoms with Crippen LogP contribution in [-0.2, 0) is 20.8 Å². The number of phenolic OH excluding ortho intramolecular Hbond substituents is 1. The van der Waals surface area contributed by atoms with Crippen molar-refractivity contribution >= 4 is 11.4 Å². The van der Waals surface area contributed by atoms with E-state index in [0.29, 0.717) is 39.1 Å². The highest BCUT2D eigenvalue weighted by atomic mass is 16.6. The number of benzene rings is 1. The van der Waals surface area contributed by atoms with E-state index in [4.69, 9.17) is 18.9 Å². The van der Waals surface area contributed by atoms with Crippen LogP contribution in [0.5, 0.6) is 11.5 Å². The number of aromatic nitrogens is 2. The maximum absolute atomic E-state index is 10.9. The molecule has 0 atom stereocenters. The maximum Gasteiger partial charge on any atom is 0.350 e. The molecule has 1 aromatic heterocycles. The zero-order chi connectivity index (χ0) is 21.8. The molecule has 2 aromatic rings. The summed E-state index contributed by atoms with van der Waals surface area (Å²) in [5, 5.41) is 31.5. The van der Waals surface area contributed by atoms with Crippen molar-refractivity contribution in [1.29, 1.82) is 0 Å². The summed E-state index contributed by atoms with van der Waals surface area (Å²) in [6.45, 7) is 2.91. The molecule has 0 saturated heterocycles. The van der Waals surface area contributed by atoms with Crippen LogP contribution in [0.15, 0.2) is 30.9 Å². The van der Waals surface area contributed by atoms with E-state index in [1.807, 2.05) is 10.8 Å². The third-order valence-corrected chi connectivity index (χ3v) is 3.73. The Labute approximate surface area is 171 Å². The third-order valence-electron chi connectivity index (χ3n) is 3.73. The van der Waals surface area contributed by atoms with Crippen LogP contribution >= 0.6 is 0 Å². The molecule has 0 unspecified atom stereocenters. The summed E-state index contributed by atoms with van der Waals surface area (Å²) in [6.07, 6.45) is 5.27. The predicted molar refractivity (Wildman–Crippen MR) is 102 cm³/mol. The largest absolute Gasteiger partial charge is 0.504 e. The van der Waals surface area contributed by atoms with E-state index in [0.717, 1.165) is 12.6 Å². The van der Waals surface area contributed by atoms with Crippen LogP contribution in [-0.4, -0.2) is 70.8 Å². The first-order chi connectivity index (χ1) is 14.5. The van der Waals surface area contributed by atoms with E-state index in [-0.39, 0.29) is 19.0 Å². The summed E-state index contributed by atoms with van der Waals surface area (Å²) in [5.41, 5.74) is -1.58. The average molecular weight is 426 g/mol. The summed E-state index contributed by atoms with van der Waals surface area (Å²) in [4.78, 5) is 23.8. The topological polar surface area (TPSA) is 161 Å². The molecule has 0 bridgehead atoms. The van der Waals surface area contributed by atoms with Gasteiger partial charge in [-0.3, -0.25) is 20.2 Å². The second-order valence-corrected chi connectivity index (χ2v) is 5.81. The number of hydrogen-bond donors (Lipinski definition) is 1. The van der Waals surface area contributed by atoms with E-state index in [9.17, 15) is 25.3 Å². The Balaban J connectivity index is 1.54. The Kier molecular flexibility index (Phi) is 9.44. The number of phenols is 1. The van der Waals surface area contributed by atoms with Crippen LogP contribution in [0.4, 0.5) is 11.4 Å². The zero-order valence-electron chi connectivity index (χ0n) is 16.0. The highest BCUT2D eigenvalue weighted by molar-refractivity contribution is 5.61. The van der Waals surface area contributed by atoms with Crippen LogP contribution in [0.25, 0.3) is 0 Å². The van der Waals surface area contributed by atoms with E-state index < -0.39 is 27.0 Å². The zero-order valence-corrected chi connectivity index (χ0v) is 16.0. The first-order valence-electron chi connectivity index (χ1n) is 8.96. The lowest BCUT2D eigenvalue weighted by atomic mass is 10.2. The average Bonchev–Trinajstić information content (AvgIpc) is 3.22. The summed E-state index contributed by atoms with van der Waals surface area (Å²) in [7, 11) is 0. The summed E-state index contributed by atoms with van der Waals surface area (Å²) < 4.78 is 23.1. The Morgan fingerprint density at radius 1 is 0.900 bits per heavy atom. The van der Waals surface area contributed by atoms with Gasteiger partial charge in [-0.05, 0) is 0 Å². The lowest BCUT2D eigenvalue weighted by molar-refractivity contribution is -0.422. The fraction of sp³-hybridized carbons (Fsp3) is 0.471. The van der Waals surface area contributed by atoms with Crippen molar-refractivity contribution in [3.8, 4) is 11.5 Å². The molecule has 1 aromatic carbocycles. The lowest BCUT2D eigenvalue weighted by Crippen LogP contribution is -2.13. The monoisotopic (exact) mass is 426 g/mol. The fourth-order valence-electron chi connectivity index (χ4n) is 2.30. The normalized spacial score (nSPS) is 10.8. The molecule has 1 N–H and O–H groups in total. The minimum absolute atomic E-state index is 0.0140. The number of nitro groups is 2. The smallest absolute Gasteiger partial charge is 0.350 e. The van der Waals surface area contributed by atoms with Crippen LogP contribution < -0.4 is 4.74 Å². The van der Waals surface area contributed by atoms with Gasteiger partial charge in [0.15, 0.2) is 11.5 Å². The number of ether oxygens (including phenoxy) is 4. The van der Waals surface area contributed by atoms with Gasteiger partial charge in [-0.15, -0.1) is 0 Å². The first-order valence-corrected chi connectivity index (χ1v) is 8.96. The van der Waals surface area contributed by atoms with Gasteiger partial charge < -0.3 is 28.6 Å². The highest BCUT2D eigenvalue weighted by Crippen LogP contribution is 2.38. The van der Waals surface area contributed by atoms with Gasteiger partial charge in [-0.2, -0.15) is 0 Å². The minimum Gasteiger partial charge on any atom is -0.504 e. The molecule has 164 valence electrons. The van der Waals surface area contributed by atoms with Gasteiger partial charge in [0.05, 0.1) is 67.9 Å². The molecular formula is C17H22N4O9. The molecular weight excluding hydrogens is 404 g/mol. The molecule has 0 aliphatic heterocycles. The Bertz CT molecular complexity index is 814. The number of aromatic hydroxyl groups is 1. The number of nitrogens with zero attached hydrogens (tertiary/aromatic N) is 4. The number of rotatable bonds is 15. The summed E-state index contributed by atoms with van der Waals surface area (Å²) in [5.74, 6) is -0.802. The Hall–Kier alpha value is -3.29. The van der Waals surface area contributed by atoms with E-state index in [2.05, 4.69) is 4.98 Å². The summed E-state index contributed by atoms with van der Waals surface area (Å²) >= 11 is 0. The second kappa shape index (κ2) is 12.3. The van der Waals surface area contributed by atoms with E-state index >= 15 is 0 Å². The molecule has 13 heteroatoms. The van der Waals surface area contributed by atoms with Gasteiger partial charge in [0.25, 0.3) is 0 Å². The molecule has 0 aliphatic rings. The van der Waals surface area contributed by atoms with Crippen molar-refractivity contribution in [3.63, 3.8) is 0 Å². The van der Waals surface area contributed by atoms with Crippen molar-refractivity contribution in [2.45, 2.75) is 6.54 Å². The minimum atomic E-state index is -0.949. The Morgan fingerprint density at radius 2 is 1.47 bits per heavy atom. The highest BCUT2D eigenvalue weighted by Gasteiger charge is 2.27. The van der Waals surface area contributed by atoms with Crippen molar-refractivity contribution in [2.24, 2.45) is 0 Å². The van der Waals surface area contributed by atoms with Crippen molar-refractivity contribution in [3.05, 3.63) is 51.1 Å². The quantitative estimate of drug-likeness (QED) is 0.251. The van der Waals surface area contributed by atoms with Gasteiger partial charge in [-0.1, -0.05) is 0 Å². The van der Waals surface area contributed by atoms with Crippen LogP contribution in [0.2, 0.25) is 0 Å². The fourth-order valence-corrected chi connectivity index (χ4v) is 2.30. The molecule has 30 heavy (non-hydrogen) atoms. The number of hydrogen-bond acceptors (Lipinski definition) is 10. The van der Waals surface area contributed by atoms with Crippen LogP contribution in [0.1, 0.15) is 0 Å². The molecule has 0 spiro atoms. The SMILES string of the molecule is O=[N+]([O-])c1cc(O)c(OCCOCCOCCOCCn2ccnc2)cc1[N+](=O)[O-]. The van der Waals surface area contributed by atoms with Crippen molar-refractivity contribution in [2.75, 3.05) is 46.2 Å². The van der Waals surface area contributed by atoms with Gasteiger partial charge in [-0.25, -0.2) is 4.98 Å². The van der Waals surface area contributed by atoms with E-state index in [1.165, 1.54) is 0 Å². The van der Waals surface area contributed by atoms with Gasteiger partial charge >= 0.3 is 11.4 Å². The molecule has 0 saturated carbocycles. The molecule has 1 heterocycles. The molecule has 0 radical (unpaired) electrons. The van der Waals surface area contributed by atoms with Crippen LogP contribution in [0, 0.1) is 20.2 Å². The molecule has 0 amide bonds. The third kappa shape index (κ3) is 7.62. The van der Waals surface area contributed by atoms with E-state index in [1.54, 1.807) is 12.5 Å². The molecule has 0 fully saturated rings. The molecule has 2 rings (SSSR count). The van der Waals surface area contributed by atoms with Crippen LogP contribution in [0.3, 0.4) is 0 Å². The lowest BCUT2D eigenvalue weighted by Gasteiger charge is -2.09. The predicted octanol–water partition coefficient (Wildman–Crippen LogP) is 1.53. The van der Waals surface area contributed by atoms with Crippen molar-refractivity contribution < 1.29 is 33.9 Å². The van der Waals surface area contributed by atoms with Gasteiger partial charge in [0, 0.05) is 18.9 Å². The van der Waals surface area contributed by atoms with Crippen molar-refractivity contribution in [1.82, 2.24) is 9.55 Å². The first kappa shape index (κ1) is 23.0. The number of imidazole rings is 1. The maximum atomic E-state index is 10.9. The second-order valence-electron chi connectivity index (χ2n) is 5.81. The Morgan fingerprint density at radius 3 is 2.03 bits per heavy atom. The summed E-state index contributed by atoms with van der Waals surface area (Å²) in [6, 6.07) is 1.49. The van der Waals surface area contributed by atoms with Gasteiger partial charge in [0.2, 0.25) is 0 Å². The number of nitro benzene ring substituents is 2. The molecule has 13 nitrogen and oxygen atoms in total. The van der Waals surface area contributed by atoms with Gasteiger partial charge in [0.1, 0.15) is 6.61 Å². The molecule has 0 aliphatic carbocycles. The standard InChI is InChI=1S/C17H22N4O9/c22-16-11-14(20(23)24)15(21(25)26)12-17(16)30-10-9-29-8-7-28-6-5-27-4-3-19-2-1-18-13-19/h1-2,11-13,22H,3-10H2.